The molecule has 0 aromatic carbocycles. The van der Waals surface area contributed by atoms with Gasteiger partial charge in [-0.25, -0.2) is 0 Å². The van der Waals surface area contributed by atoms with Crippen LogP contribution < -0.4 is 80.0 Å². The van der Waals surface area contributed by atoms with Crippen LogP contribution in [0.5, 0.6) is 0 Å². The van der Waals surface area contributed by atoms with Crippen LogP contribution in [0.4, 0.5) is 0 Å². The van der Waals surface area contributed by atoms with Crippen molar-refractivity contribution >= 4 is 11.9 Å². The van der Waals surface area contributed by atoms with Crippen LogP contribution in [0.15, 0.2) is 0 Å². The molecule has 0 bridgehead atoms. The molecule has 0 saturated heterocycles. The van der Waals surface area contributed by atoms with Crippen LogP contribution in [0.3, 0.4) is 0 Å². The predicted molar refractivity (Wildman–Crippen MR) is 47.0 cm³/mol. The predicted octanol–water partition coefficient (Wildman–Crippen LogP) is -10.3. The summed E-state index contributed by atoms with van der Waals surface area (Å²) in [7, 11) is 0. The standard InChI is InChI=1S/C4H5N3.C4H7NO4.2Na/c5-1-3-7-4-2-6;6-3(7)1-5-2-4(8)9;;/h7H,3-4H2;5H,1-2H2,(H,6,7)(H,8,9);;/q;;2*+1/p-2. The third-order valence-corrected chi connectivity index (χ3v) is 0.947. The van der Waals surface area contributed by atoms with Crippen LogP contribution in [-0.2, 0) is 9.59 Å². The van der Waals surface area contributed by atoms with Gasteiger partial charge in [0.25, 0.3) is 0 Å². The van der Waals surface area contributed by atoms with Crippen LogP contribution in [0, 0.1) is 22.7 Å². The molecule has 0 aromatic heterocycles. The van der Waals surface area contributed by atoms with Crippen LogP contribution in [0.25, 0.3) is 0 Å². The molecule has 8 nitrogen and oxygen atoms in total. The monoisotopic (exact) mass is 272 g/mol. The van der Waals surface area contributed by atoms with E-state index in [1.165, 1.54) is 0 Å². The summed E-state index contributed by atoms with van der Waals surface area (Å²) in [4.78, 5) is 19.2. The molecule has 0 rings (SSSR count). The third-order valence-electron chi connectivity index (χ3n) is 0.947. The van der Waals surface area contributed by atoms with E-state index in [4.69, 9.17) is 10.5 Å². The molecule has 0 aromatic rings. The molecule has 0 saturated carbocycles. The Morgan fingerprint density at radius 1 is 0.889 bits per heavy atom. The maximum Gasteiger partial charge on any atom is 1.00 e. The van der Waals surface area contributed by atoms with Gasteiger partial charge in [0.1, 0.15) is 0 Å². The maximum atomic E-state index is 9.59. The summed E-state index contributed by atoms with van der Waals surface area (Å²) in [6.45, 7) is -0.414. The summed E-state index contributed by atoms with van der Waals surface area (Å²) >= 11 is 0. The van der Waals surface area contributed by atoms with Gasteiger partial charge in [-0.15, -0.1) is 0 Å². The second kappa shape index (κ2) is 22.1. The van der Waals surface area contributed by atoms with E-state index in [2.05, 4.69) is 10.6 Å². The first-order chi connectivity index (χ1) is 7.54. The fourth-order valence-electron chi connectivity index (χ4n) is 0.441. The summed E-state index contributed by atoms with van der Waals surface area (Å²) in [5.74, 6) is -2.67. The van der Waals surface area contributed by atoms with Gasteiger partial charge in [-0.3, -0.25) is 5.32 Å². The number of carbonyl (C=O) groups is 2. The van der Waals surface area contributed by atoms with Gasteiger partial charge in [0.15, 0.2) is 0 Å². The Balaban J connectivity index is -0.000000100. The summed E-state index contributed by atoms with van der Waals surface area (Å²) in [5, 5.41) is 39.6. The fraction of sp³-hybridized carbons (Fsp3) is 0.500. The van der Waals surface area contributed by atoms with Gasteiger partial charge >= 0.3 is 59.1 Å². The van der Waals surface area contributed by atoms with Crippen molar-refractivity contribution < 1.29 is 78.9 Å². The number of aliphatic carboxylic acids is 2. The van der Waals surface area contributed by atoms with E-state index in [1.807, 2.05) is 12.1 Å². The topological polar surface area (TPSA) is 152 Å². The maximum absolute atomic E-state index is 9.59. The first-order valence-electron chi connectivity index (χ1n) is 4.09. The fourth-order valence-corrected chi connectivity index (χ4v) is 0.441. The Bertz CT molecular complexity index is 272. The van der Waals surface area contributed by atoms with Crippen molar-refractivity contribution in [3.05, 3.63) is 0 Å². The van der Waals surface area contributed by atoms with E-state index in [0.29, 0.717) is 0 Å². The zero-order chi connectivity index (χ0) is 12.8. The average Bonchev–Trinajstić information content (AvgIpc) is 2.18. The molecule has 0 heterocycles. The van der Waals surface area contributed by atoms with Gasteiger partial charge in [0.2, 0.25) is 0 Å². The van der Waals surface area contributed by atoms with E-state index in [1.54, 1.807) is 0 Å². The number of carbonyl (C=O) groups excluding carboxylic acids is 2. The number of carboxylic acids is 2. The molecule has 0 fully saturated rings. The molecular formula is C8H10N4Na2O4. The minimum absolute atomic E-state index is 0. The van der Waals surface area contributed by atoms with E-state index in [9.17, 15) is 19.8 Å². The number of hydrogen-bond donors (Lipinski definition) is 2. The average molecular weight is 272 g/mol. The minimum atomic E-state index is -1.34. The Hall–Kier alpha value is -0.160. The molecule has 0 aliphatic rings. The van der Waals surface area contributed by atoms with Gasteiger partial charge in [0.05, 0.1) is 37.2 Å². The van der Waals surface area contributed by atoms with Crippen molar-refractivity contribution in [1.29, 1.82) is 10.5 Å². The molecule has 0 unspecified atom stereocenters. The smallest absolute Gasteiger partial charge is 0.549 e. The van der Waals surface area contributed by atoms with Crippen LogP contribution >= 0.6 is 0 Å². The first-order valence-corrected chi connectivity index (χ1v) is 4.09. The summed E-state index contributed by atoms with van der Waals surface area (Å²) in [6.07, 6.45) is 0. The van der Waals surface area contributed by atoms with Crippen molar-refractivity contribution in [1.82, 2.24) is 10.6 Å². The van der Waals surface area contributed by atoms with Crippen LogP contribution in [0.1, 0.15) is 0 Å². The summed E-state index contributed by atoms with van der Waals surface area (Å²) in [6, 6.07) is 3.68. The van der Waals surface area contributed by atoms with E-state index >= 15 is 0 Å². The Morgan fingerprint density at radius 2 is 1.22 bits per heavy atom. The quantitative estimate of drug-likeness (QED) is 0.274. The van der Waals surface area contributed by atoms with Crippen molar-refractivity contribution in [2.75, 3.05) is 26.2 Å². The zero-order valence-electron chi connectivity index (χ0n) is 10.4. The van der Waals surface area contributed by atoms with Crippen molar-refractivity contribution in [2.45, 2.75) is 0 Å². The van der Waals surface area contributed by atoms with Gasteiger partial charge in [-0.05, 0) is 0 Å². The molecule has 0 amide bonds. The molecule has 0 aliphatic carbocycles. The minimum Gasteiger partial charge on any atom is -0.549 e. The number of carboxylic acid groups (broad SMARTS) is 2. The molecule has 10 heteroatoms. The molecule has 18 heavy (non-hydrogen) atoms. The van der Waals surface area contributed by atoms with Crippen LogP contribution in [0.2, 0.25) is 0 Å². The normalized spacial score (nSPS) is 7.00. The van der Waals surface area contributed by atoms with Gasteiger partial charge < -0.3 is 25.1 Å². The number of rotatable bonds is 6. The second-order valence-electron chi connectivity index (χ2n) is 2.27. The molecule has 0 radical (unpaired) electrons. The van der Waals surface area contributed by atoms with Crippen LogP contribution in [-0.4, -0.2) is 38.1 Å². The Kier molecular flexibility index (Phi) is 32.4. The first kappa shape index (κ1) is 26.4. The molecule has 0 spiro atoms. The molecule has 88 valence electrons. The third kappa shape index (κ3) is 36.0. The SMILES string of the molecule is N#CCNCC#N.O=C([O-])CNCC(=O)[O-].[Na+].[Na+]. The molecule has 2 N–H and O–H groups in total. The second-order valence-corrected chi connectivity index (χ2v) is 2.27. The van der Waals surface area contributed by atoms with Gasteiger partial charge in [-0.2, -0.15) is 10.5 Å². The number of nitriles is 2. The van der Waals surface area contributed by atoms with E-state index in [-0.39, 0.29) is 72.2 Å². The van der Waals surface area contributed by atoms with Crippen molar-refractivity contribution in [3.8, 4) is 12.1 Å². The number of nitrogens with zero attached hydrogens (tertiary/aromatic N) is 2. The Morgan fingerprint density at radius 3 is 1.44 bits per heavy atom. The number of hydrogen-bond acceptors (Lipinski definition) is 8. The van der Waals surface area contributed by atoms with Crippen molar-refractivity contribution in [2.24, 2.45) is 0 Å². The zero-order valence-corrected chi connectivity index (χ0v) is 14.4. The Labute approximate surface area is 149 Å². The molecular weight excluding hydrogens is 262 g/mol. The van der Waals surface area contributed by atoms with E-state index in [0.717, 1.165) is 0 Å². The molecule has 0 atom stereocenters. The number of nitrogens with one attached hydrogen (secondary N) is 2. The molecule has 0 aliphatic heterocycles. The van der Waals surface area contributed by atoms with E-state index < -0.39 is 25.0 Å². The largest absolute Gasteiger partial charge is 1.00 e. The summed E-state index contributed by atoms with van der Waals surface area (Å²) in [5.41, 5.74) is 0. The van der Waals surface area contributed by atoms with Gasteiger partial charge in [-0.1, -0.05) is 0 Å². The summed E-state index contributed by atoms with van der Waals surface area (Å²) < 4.78 is 0. The van der Waals surface area contributed by atoms with Crippen molar-refractivity contribution in [3.63, 3.8) is 0 Å². The van der Waals surface area contributed by atoms with Gasteiger partial charge in [0, 0.05) is 13.1 Å².